The monoisotopic (exact) mass is 517 g/mol. The number of thioether (sulfide) groups is 1. The standard InChI is InChI=1S/C26H26F3N3O3S/c27-26(28,29)20-7-10-35-23-4-2-1-3-18(23)19(20)15-24(33)30-17-6-5-16-13-22(25(34)31-21(16)14-17)32-8-11-36-12-9-32/h1-6,14-15,20,22H,7-13H2,(H,30,33)(H,31,34)/b19-15-. The Morgan fingerprint density at radius 1 is 1.17 bits per heavy atom. The van der Waals surface area contributed by atoms with Gasteiger partial charge in [-0.1, -0.05) is 24.3 Å². The zero-order valence-corrected chi connectivity index (χ0v) is 20.3. The van der Waals surface area contributed by atoms with Gasteiger partial charge in [0.1, 0.15) is 5.75 Å². The molecule has 0 bridgehead atoms. The molecule has 3 aliphatic heterocycles. The molecule has 2 aromatic carbocycles. The number of benzene rings is 2. The average Bonchev–Trinajstić information content (AvgIpc) is 3.04. The Hall–Kier alpha value is -2.98. The summed E-state index contributed by atoms with van der Waals surface area (Å²) in [6, 6.07) is 11.4. The van der Waals surface area contributed by atoms with Gasteiger partial charge in [-0.05, 0) is 42.2 Å². The number of carbonyl (C=O) groups excluding carboxylic acids is 2. The Labute approximate surface area is 211 Å². The molecule has 0 saturated carbocycles. The number of ether oxygens (including phenoxy) is 1. The molecule has 2 N–H and O–H groups in total. The fourth-order valence-electron chi connectivity index (χ4n) is 4.95. The van der Waals surface area contributed by atoms with Gasteiger partial charge in [0.05, 0.1) is 18.6 Å². The smallest absolute Gasteiger partial charge is 0.395 e. The Balaban J connectivity index is 1.36. The SMILES string of the molecule is O=C(/C=C1/c2ccccc2OCCC1C(F)(F)F)Nc1ccc2c(c1)NC(=O)C(N1CCSCC1)C2. The number of carbonyl (C=O) groups is 2. The van der Waals surface area contributed by atoms with Crippen LogP contribution in [0.15, 0.2) is 48.5 Å². The van der Waals surface area contributed by atoms with Crippen LogP contribution in [0.5, 0.6) is 5.75 Å². The first-order valence-electron chi connectivity index (χ1n) is 11.9. The molecular weight excluding hydrogens is 491 g/mol. The zero-order chi connectivity index (χ0) is 25.3. The minimum absolute atomic E-state index is 0.0805. The molecule has 190 valence electrons. The molecule has 36 heavy (non-hydrogen) atoms. The lowest BCUT2D eigenvalue weighted by Crippen LogP contribution is -2.50. The van der Waals surface area contributed by atoms with Gasteiger partial charge in [-0.2, -0.15) is 24.9 Å². The molecule has 3 heterocycles. The maximum Gasteiger partial charge on any atom is 0.395 e. The van der Waals surface area contributed by atoms with Gasteiger partial charge in [0.25, 0.3) is 0 Å². The van der Waals surface area contributed by atoms with Gasteiger partial charge in [0, 0.05) is 47.6 Å². The molecule has 6 nitrogen and oxygen atoms in total. The molecule has 0 radical (unpaired) electrons. The molecule has 5 rings (SSSR count). The van der Waals surface area contributed by atoms with Gasteiger partial charge < -0.3 is 15.4 Å². The van der Waals surface area contributed by atoms with Crippen molar-refractivity contribution in [3.63, 3.8) is 0 Å². The topological polar surface area (TPSA) is 70.7 Å². The summed E-state index contributed by atoms with van der Waals surface area (Å²) in [7, 11) is 0. The number of alkyl halides is 3. The minimum Gasteiger partial charge on any atom is -0.493 e. The van der Waals surface area contributed by atoms with Crippen LogP contribution in [0.3, 0.4) is 0 Å². The first-order chi connectivity index (χ1) is 17.3. The molecule has 1 saturated heterocycles. The first kappa shape index (κ1) is 24.7. The lowest BCUT2D eigenvalue weighted by atomic mass is 9.89. The van der Waals surface area contributed by atoms with E-state index in [2.05, 4.69) is 15.5 Å². The van der Waals surface area contributed by atoms with Gasteiger partial charge in [-0.15, -0.1) is 0 Å². The van der Waals surface area contributed by atoms with Crippen molar-refractivity contribution in [2.45, 2.75) is 25.1 Å². The first-order valence-corrected chi connectivity index (χ1v) is 13.0. The van der Waals surface area contributed by atoms with Gasteiger partial charge in [-0.25, -0.2) is 0 Å². The maximum atomic E-state index is 13.9. The van der Waals surface area contributed by atoms with Crippen LogP contribution >= 0.6 is 11.8 Å². The highest BCUT2D eigenvalue weighted by atomic mass is 32.2. The number of anilines is 2. The summed E-state index contributed by atoms with van der Waals surface area (Å²) >= 11 is 1.88. The number of nitrogens with zero attached hydrogens (tertiary/aromatic N) is 1. The molecule has 10 heteroatoms. The summed E-state index contributed by atoms with van der Waals surface area (Å²) in [6.45, 7) is 1.64. The van der Waals surface area contributed by atoms with Crippen molar-refractivity contribution in [1.29, 1.82) is 0 Å². The molecular formula is C26H26F3N3O3S. The van der Waals surface area contributed by atoms with E-state index < -0.39 is 18.0 Å². The number of amides is 2. The quantitative estimate of drug-likeness (QED) is 0.584. The summed E-state index contributed by atoms with van der Waals surface area (Å²) in [4.78, 5) is 27.8. The van der Waals surface area contributed by atoms with E-state index in [1.165, 1.54) is 6.07 Å². The van der Waals surface area contributed by atoms with E-state index in [1.807, 2.05) is 17.8 Å². The fraction of sp³-hybridized carbons (Fsp3) is 0.385. The molecule has 2 aromatic rings. The van der Waals surface area contributed by atoms with Crippen LogP contribution in [0.2, 0.25) is 0 Å². The van der Waals surface area contributed by atoms with E-state index in [1.54, 1.807) is 30.3 Å². The van der Waals surface area contributed by atoms with Gasteiger partial charge in [-0.3, -0.25) is 14.5 Å². The molecule has 3 aliphatic rings. The molecule has 0 aromatic heterocycles. The maximum absolute atomic E-state index is 13.9. The van der Waals surface area contributed by atoms with E-state index in [4.69, 9.17) is 4.74 Å². The third-order valence-electron chi connectivity index (χ3n) is 6.76. The second kappa shape index (κ2) is 10.2. The van der Waals surface area contributed by atoms with Crippen LogP contribution < -0.4 is 15.4 Å². The highest BCUT2D eigenvalue weighted by Crippen LogP contribution is 2.44. The Kier molecular flexibility index (Phi) is 6.98. The summed E-state index contributed by atoms with van der Waals surface area (Å²) in [5, 5.41) is 5.60. The van der Waals surface area contributed by atoms with E-state index >= 15 is 0 Å². The van der Waals surface area contributed by atoms with E-state index in [-0.39, 0.29) is 36.1 Å². The van der Waals surface area contributed by atoms with Crippen LogP contribution in [0.1, 0.15) is 17.5 Å². The zero-order valence-electron chi connectivity index (χ0n) is 19.4. The predicted octanol–water partition coefficient (Wildman–Crippen LogP) is 4.58. The Bertz CT molecular complexity index is 1190. The van der Waals surface area contributed by atoms with Crippen LogP contribution in [0.25, 0.3) is 5.57 Å². The third kappa shape index (κ3) is 5.24. The van der Waals surface area contributed by atoms with E-state index in [9.17, 15) is 22.8 Å². The summed E-state index contributed by atoms with van der Waals surface area (Å²) in [5.74, 6) is -0.252. The number of hydrogen-bond acceptors (Lipinski definition) is 5. The second-order valence-corrected chi connectivity index (χ2v) is 10.3. The number of allylic oxidation sites excluding steroid dienone is 1. The van der Waals surface area contributed by atoms with Crippen LogP contribution in [0.4, 0.5) is 24.5 Å². The molecule has 2 unspecified atom stereocenters. The summed E-state index contributed by atoms with van der Waals surface area (Å²) in [6.07, 6.45) is -3.21. The normalized spacial score (nSPS) is 23.6. The highest BCUT2D eigenvalue weighted by Gasteiger charge is 2.44. The number of nitrogens with one attached hydrogen (secondary N) is 2. The van der Waals surface area contributed by atoms with Crippen molar-refractivity contribution < 1.29 is 27.5 Å². The molecule has 2 amide bonds. The van der Waals surface area contributed by atoms with Crippen molar-refractivity contribution in [1.82, 2.24) is 4.90 Å². The third-order valence-corrected chi connectivity index (χ3v) is 7.70. The van der Waals surface area contributed by atoms with Crippen LogP contribution in [-0.4, -0.2) is 60.1 Å². The number of fused-ring (bicyclic) bond motifs is 2. The van der Waals surface area contributed by atoms with Crippen LogP contribution in [-0.2, 0) is 16.0 Å². The molecule has 2 atom stereocenters. The number of hydrogen-bond donors (Lipinski definition) is 2. The fourth-order valence-corrected chi connectivity index (χ4v) is 5.88. The lowest BCUT2D eigenvalue weighted by molar-refractivity contribution is -0.160. The second-order valence-electron chi connectivity index (χ2n) is 9.05. The molecule has 0 spiro atoms. The van der Waals surface area contributed by atoms with Crippen molar-refractivity contribution in [3.05, 3.63) is 59.7 Å². The van der Waals surface area contributed by atoms with Crippen molar-refractivity contribution >= 4 is 40.5 Å². The van der Waals surface area contributed by atoms with E-state index in [0.717, 1.165) is 36.2 Å². The van der Waals surface area contributed by atoms with Gasteiger partial charge in [0.2, 0.25) is 11.8 Å². The number of halogens is 3. The number of rotatable bonds is 3. The average molecular weight is 518 g/mol. The lowest BCUT2D eigenvalue weighted by Gasteiger charge is -2.36. The van der Waals surface area contributed by atoms with Crippen molar-refractivity contribution in [2.75, 3.05) is 41.8 Å². The highest BCUT2D eigenvalue weighted by molar-refractivity contribution is 7.99. The van der Waals surface area contributed by atoms with Gasteiger partial charge >= 0.3 is 6.18 Å². The van der Waals surface area contributed by atoms with Crippen molar-refractivity contribution in [2.24, 2.45) is 5.92 Å². The minimum atomic E-state index is -4.52. The van der Waals surface area contributed by atoms with Crippen molar-refractivity contribution in [3.8, 4) is 5.75 Å². The Morgan fingerprint density at radius 2 is 1.94 bits per heavy atom. The largest absolute Gasteiger partial charge is 0.493 e. The Morgan fingerprint density at radius 3 is 2.72 bits per heavy atom. The van der Waals surface area contributed by atoms with Crippen LogP contribution in [0, 0.1) is 5.92 Å². The summed E-state index contributed by atoms with van der Waals surface area (Å²) in [5.41, 5.74) is 2.09. The van der Waals surface area contributed by atoms with Gasteiger partial charge in [0.15, 0.2) is 0 Å². The predicted molar refractivity (Wildman–Crippen MR) is 134 cm³/mol. The van der Waals surface area contributed by atoms with E-state index in [0.29, 0.717) is 23.5 Å². The molecule has 0 aliphatic carbocycles. The molecule has 1 fully saturated rings. The number of para-hydroxylation sites is 1. The summed E-state index contributed by atoms with van der Waals surface area (Å²) < 4.78 is 47.1.